The minimum absolute atomic E-state index is 0.0433. The number of methoxy groups -OCH3 is 1. The number of ether oxygens (including phenoxy) is 3. The van der Waals surface area contributed by atoms with E-state index >= 15 is 0 Å². The van der Waals surface area contributed by atoms with Crippen LogP contribution in [0.4, 0.5) is 11.4 Å². The van der Waals surface area contributed by atoms with Gasteiger partial charge in [-0.3, -0.25) is 14.8 Å². The number of non-ortho nitro benzene ring substituents is 1. The van der Waals surface area contributed by atoms with Gasteiger partial charge in [0.1, 0.15) is 28.8 Å². The van der Waals surface area contributed by atoms with Gasteiger partial charge >= 0.3 is 0 Å². The molecule has 2 rings (SSSR count). The molecule has 0 saturated carbocycles. The van der Waals surface area contributed by atoms with E-state index in [1.165, 1.54) is 95.9 Å². The Labute approximate surface area is 276 Å². The maximum absolute atomic E-state index is 13.5. The van der Waals surface area contributed by atoms with Gasteiger partial charge in [0, 0.05) is 30.9 Å². The number of rotatable bonds is 24. The summed E-state index contributed by atoms with van der Waals surface area (Å²) in [6, 6.07) is 6.31. The van der Waals surface area contributed by atoms with Crippen molar-refractivity contribution in [1.29, 1.82) is 0 Å². The highest BCUT2D eigenvalue weighted by Gasteiger charge is 2.27. The predicted molar refractivity (Wildman–Crippen MR) is 184 cm³/mol. The molecule has 10 nitrogen and oxygen atoms in total. The maximum atomic E-state index is 13.5. The van der Waals surface area contributed by atoms with Crippen molar-refractivity contribution in [3.63, 3.8) is 0 Å². The molecular formula is C35H56N2O8S. The van der Waals surface area contributed by atoms with E-state index in [2.05, 4.69) is 11.6 Å². The van der Waals surface area contributed by atoms with Gasteiger partial charge in [-0.25, -0.2) is 8.42 Å². The third-order valence-corrected chi connectivity index (χ3v) is 9.27. The van der Waals surface area contributed by atoms with E-state index in [0.29, 0.717) is 17.9 Å². The third kappa shape index (κ3) is 13.7. The summed E-state index contributed by atoms with van der Waals surface area (Å²) in [5, 5.41) is 22.2. The van der Waals surface area contributed by atoms with Crippen LogP contribution in [0.25, 0.3) is 0 Å². The molecule has 0 bridgehead atoms. The van der Waals surface area contributed by atoms with Gasteiger partial charge in [-0.15, -0.1) is 0 Å². The van der Waals surface area contributed by atoms with Gasteiger partial charge in [0.25, 0.3) is 15.7 Å². The van der Waals surface area contributed by atoms with Gasteiger partial charge in [0.15, 0.2) is 0 Å². The molecule has 11 heteroatoms. The monoisotopic (exact) mass is 664 g/mol. The number of benzene rings is 2. The van der Waals surface area contributed by atoms with Crippen LogP contribution in [0.15, 0.2) is 35.2 Å². The third-order valence-electron chi connectivity index (χ3n) is 7.88. The molecule has 2 aromatic rings. The first-order chi connectivity index (χ1) is 21.9. The minimum atomic E-state index is -4.40. The van der Waals surface area contributed by atoms with Gasteiger partial charge in [0.05, 0.1) is 23.8 Å². The van der Waals surface area contributed by atoms with E-state index < -0.39 is 30.9 Å². The fourth-order valence-corrected chi connectivity index (χ4v) is 6.44. The predicted octanol–water partition coefficient (Wildman–Crippen LogP) is 9.28. The topological polar surface area (TPSA) is 137 Å². The number of anilines is 1. The summed E-state index contributed by atoms with van der Waals surface area (Å²) in [5.41, 5.74) is -0.197. The molecule has 0 aliphatic carbocycles. The van der Waals surface area contributed by atoms with Crippen molar-refractivity contribution in [2.45, 2.75) is 128 Å². The van der Waals surface area contributed by atoms with Crippen LogP contribution >= 0.6 is 0 Å². The lowest BCUT2D eigenvalue weighted by molar-refractivity contribution is -0.385. The zero-order valence-electron chi connectivity index (χ0n) is 28.6. The lowest BCUT2D eigenvalue weighted by atomic mass is 9.86. The van der Waals surface area contributed by atoms with Crippen molar-refractivity contribution in [2.75, 3.05) is 31.7 Å². The summed E-state index contributed by atoms with van der Waals surface area (Å²) in [6.07, 6.45) is 17.7. The Morgan fingerprint density at radius 1 is 0.783 bits per heavy atom. The standard InChI is InChI=1S/C35H56N2O8S/c1-6-7-8-9-10-11-12-13-14-15-16-17-18-19-22-44-33-27-31(38)30(26-29(33)35(2,3)4)36-46(41,42)34-25-28(37(39)40)20-21-32(34)45-24-23-43-5/h20-21,25-27,36,38H,6-19,22-24H2,1-5H3. The number of unbranched alkanes of at least 4 members (excludes halogenated alkanes) is 13. The van der Waals surface area contributed by atoms with E-state index in [1.54, 1.807) is 6.07 Å². The highest BCUT2D eigenvalue weighted by molar-refractivity contribution is 7.92. The normalized spacial score (nSPS) is 11.8. The largest absolute Gasteiger partial charge is 0.506 e. The Balaban J connectivity index is 1.97. The van der Waals surface area contributed by atoms with Crippen LogP contribution in [0.1, 0.15) is 123 Å². The number of sulfonamides is 1. The lowest BCUT2D eigenvalue weighted by Gasteiger charge is -2.25. The summed E-state index contributed by atoms with van der Waals surface area (Å²) in [7, 11) is -2.93. The Bertz CT molecular complexity index is 1310. The lowest BCUT2D eigenvalue weighted by Crippen LogP contribution is -2.18. The van der Waals surface area contributed by atoms with Crippen LogP contribution in [-0.2, 0) is 20.2 Å². The first-order valence-corrected chi connectivity index (χ1v) is 18.3. The second-order valence-corrected chi connectivity index (χ2v) is 14.5. The molecule has 0 aliphatic heterocycles. The van der Waals surface area contributed by atoms with Crippen LogP contribution < -0.4 is 14.2 Å². The number of nitrogens with one attached hydrogen (secondary N) is 1. The maximum Gasteiger partial charge on any atom is 0.271 e. The smallest absolute Gasteiger partial charge is 0.271 e. The van der Waals surface area contributed by atoms with Crippen LogP contribution in [0.2, 0.25) is 0 Å². The number of hydrogen-bond donors (Lipinski definition) is 2. The van der Waals surface area contributed by atoms with E-state index in [4.69, 9.17) is 14.2 Å². The van der Waals surface area contributed by atoms with Crippen molar-refractivity contribution in [2.24, 2.45) is 0 Å². The number of phenols is 1. The molecule has 0 radical (unpaired) electrons. The first kappa shape index (κ1) is 39.1. The Kier molecular flexibility index (Phi) is 17.2. The SMILES string of the molecule is CCCCCCCCCCCCCCCCOc1cc(O)c(NS(=O)(=O)c2cc([N+](=O)[O-])ccc2OCCOC)cc1C(C)(C)C. The van der Waals surface area contributed by atoms with Crippen LogP contribution in [0.3, 0.4) is 0 Å². The molecule has 0 heterocycles. The molecule has 0 saturated heterocycles. The molecule has 46 heavy (non-hydrogen) atoms. The van der Waals surface area contributed by atoms with Crippen LogP contribution in [0.5, 0.6) is 17.2 Å². The number of aromatic hydroxyl groups is 1. The van der Waals surface area contributed by atoms with Crippen molar-refractivity contribution in [3.8, 4) is 17.2 Å². The number of nitro benzene ring substituents is 1. The quantitative estimate of drug-likeness (QED) is 0.0490. The number of phenolic OH excluding ortho intramolecular Hbond substituents is 1. The van der Waals surface area contributed by atoms with Crippen molar-refractivity contribution < 1.29 is 32.7 Å². The Morgan fingerprint density at radius 2 is 1.33 bits per heavy atom. The second kappa shape index (κ2) is 20.2. The van der Waals surface area contributed by atoms with E-state index in [0.717, 1.165) is 25.3 Å². The van der Waals surface area contributed by atoms with E-state index in [1.807, 2.05) is 20.8 Å². The highest BCUT2D eigenvalue weighted by atomic mass is 32.2. The molecule has 0 atom stereocenters. The van der Waals surface area contributed by atoms with Gasteiger partial charge in [-0.1, -0.05) is 111 Å². The van der Waals surface area contributed by atoms with Crippen molar-refractivity contribution >= 4 is 21.4 Å². The summed E-state index contributed by atoms with van der Waals surface area (Å²) >= 11 is 0. The second-order valence-electron chi connectivity index (χ2n) is 12.9. The number of nitro groups is 1. The zero-order valence-corrected chi connectivity index (χ0v) is 29.4. The Morgan fingerprint density at radius 3 is 1.85 bits per heavy atom. The van der Waals surface area contributed by atoms with Crippen LogP contribution in [-0.4, -0.2) is 45.4 Å². The summed E-state index contributed by atoms with van der Waals surface area (Å²) < 4.78 is 45.9. The fourth-order valence-electron chi connectivity index (χ4n) is 5.21. The first-order valence-electron chi connectivity index (χ1n) is 16.8. The molecule has 0 fully saturated rings. The fraction of sp³-hybridized carbons (Fsp3) is 0.657. The molecule has 2 aromatic carbocycles. The molecule has 0 aliphatic rings. The Hall–Kier alpha value is -3.05. The zero-order chi connectivity index (χ0) is 34.0. The molecule has 0 aromatic heterocycles. The number of nitrogens with zero attached hydrogens (tertiary/aromatic N) is 1. The van der Waals surface area contributed by atoms with Crippen LogP contribution in [0, 0.1) is 10.1 Å². The molecule has 0 unspecified atom stereocenters. The average Bonchev–Trinajstić information content (AvgIpc) is 2.99. The van der Waals surface area contributed by atoms with Crippen molar-refractivity contribution in [1.82, 2.24) is 0 Å². The van der Waals surface area contributed by atoms with E-state index in [9.17, 15) is 23.6 Å². The van der Waals surface area contributed by atoms with E-state index in [-0.39, 0.29) is 30.4 Å². The molecule has 2 N–H and O–H groups in total. The van der Waals surface area contributed by atoms with Gasteiger partial charge < -0.3 is 19.3 Å². The summed E-state index contributed by atoms with van der Waals surface area (Å²) in [4.78, 5) is 10.3. The molecule has 0 spiro atoms. The minimum Gasteiger partial charge on any atom is -0.506 e. The summed E-state index contributed by atoms with van der Waals surface area (Å²) in [6.45, 7) is 8.89. The average molecular weight is 665 g/mol. The number of hydrogen-bond acceptors (Lipinski definition) is 8. The molecule has 0 amide bonds. The molecular weight excluding hydrogens is 608 g/mol. The summed E-state index contributed by atoms with van der Waals surface area (Å²) in [5.74, 6) is 0.0974. The van der Waals surface area contributed by atoms with Crippen molar-refractivity contribution in [3.05, 3.63) is 46.0 Å². The van der Waals surface area contributed by atoms with Gasteiger partial charge in [-0.2, -0.15) is 0 Å². The molecule has 260 valence electrons. The van der Waals surface area contributed by atoms with Gasteiger partial charge in [0.2, 0.25) is 0 Å². The van der Waals surface area contributed by atoms with Gasteiger partial charge in [-0.05, 0) is 24.0 Å². The highest BCUT2D eigenvalue weighted by Crippen LogP contribution is 2.40.